The molecule has 0 saturated heterocycles. The van der Waals surface area contributed by atoms with Crippen molar-refractivity contribution >= 4 is 57.1 Å². The average molecular weight is 447 g/mol. The molecule has 29 heavy (non-hydrogen) atoms. The molecule has 0 unspecified atom stereocenters. The van der Waals surface area contributed by atoms with Crippen molar-refractivity contribution in [3.63, 3.8) is 0 Å². The molecule has 0 radical (unpaired) electrons. The molecule has 0 spiro atoms. The molecular weight excluding hydrogens is 424 g/mol. The summed E-state index contributed by atoms with van der Waals surface area (Å²) in [6, 6.07) is 9.73. The number of nitrogens with one attached hydrogen (secondary N) is 2. The van der Waals surface area contributed by atoms with Gasteiger partial charge in [0.15, 0.2) is 4.34 Å². The Morgan fingerprint density at radius 2 is 2.03 bits per heavy atom. The lowest BCUT2D eigenvalue weighted by atomic mass is 10.0. The summed E-state index contributed by atoms with van der Waals surface area (Å²) < 4.78 is 0.633. The third kappa shape index (κ3) is 6.38. The quantitative estimate of drug-likeness (QED) is 0.347. The van der Waals surface area contributed by atoms with Gasteiger partial charge in [-0.3, -0.25) is 14.9 Å². The molecule has 0 bridgehead atoms. The van der Waals surface area contributed by atoms with Crippen molar-refractivity contribution in [3.05, 3.63) is 51.7 Å². The average Bonchev–Trinajstić information content (AvgIpc) is 3.39. The highest BCUT2D eigenvalue weighted by molar-refractivity contribution is 8.01. The second-order valence-corrected chi connectivity index (χ2v) is 9.54. The fourth-order valence-electron chi connectivity index (χ4n) is 2.60. The fraction of sp³-hybridized carbons (Fsp3) is 0.300. The minimum absolute atomic E-state index is 0.0984. The molecule has 3 aromatic rings. The van der Waals surface area contributed by atoms with Gasteiger partial charge in [0.1, 0.15) is 0 Å². The van der Waals surface area contributed by atoms with Gasteiger partial charge in [0, 0.05) is 5.69 Å². The van der Waals surface area contributed by atoms with Crippen LogP contribution in [-0.4, -0.2) is 27.8 Å². The van der Waals surface area contributed by atoms with Gasteiger partial charge in [-0.1, -0.05) is 54.6 Å². The van der Waals surface area contributed by atoms with E-state index in [0.717, 1.165) is 17.7 Å². The number of unbranched alkanes of at least 4 members (excludes halogenated alkanes) is 1. The van der Waals surface area contributed by atoms with Gasteiger partial charge in [0.05, 0.1) is 10.6 Å². The molecule has 2 N–H and O–H groups in total. The molecule has 0 aliphatic heterocycles. The molecule has 0 aliphatic carbocycles. The summed E-state index contributed by atoms with van der Waals surface area (Å²) in [5.41, 5.74) is 3.19. The van der Waals surface area contributed by atoms with Crippen LogP contribution in [-0.2, 0) is 11.2 Å². The van der Waals surface area contributed by atoms with Crippen molar-refractivity contribution < 1.29 is 9.59 Å². The first-order valence-electron chi connectivity index (χ1n) is 9.25. The molecule has 1 aromatic carbocycles. The molecule has 0 aliphatic rings. The van der Waals surface area contributed by atoms with Gasteiger partial charge in [-0.05, 0) is 48.4 Å². The monoisotopic (exact) mass is 446 g/mol. The van der Waals surface area contributed by atoms with E-state index in [9.17, 15) is 9.59 Å². The van der Waals surface area contributed by atoms with Gasteiger partial charge in [-0.2, -0.15) is 0 Å². The first-order valence-corrected chi connectivity index (χ1v) is 11.9. The Balaban J connectivity index is 1.48. The van der Waals surface area contributed by atoms with Crippen molar-refractivity contribution in [2.75, 3.05) is 16.4 Å². The maximum atomic E-state index is 12.3. The second-order valence-electron chi connectivity index (χ2n) is 6.39. The third-order valence-corrected chi connectivity index (χ3v) is 6.92. The number of anilines is 2. The van der Waals surface area contributed by atoms with Crippen LogP contribution in [0, 0.1) is 6.92 Å². The minimum atomic E-state index is -0.205. The van der Waals surface area contributed by atoms with Gasteiger partial charge in [-0.25, -0.2) is 0 Å². The normalized spacial score (nSPS) is 10.7. The van der Waals surface area contributed by atoms with Gasteiger partial charge >= 0.3 is 0 Å². The molecular formula is C20H22N4O2S3. The van der Waals surface area contributed by atoms with Crippen molar-refractivity contribution in [3.8, 4) is 0 Å². The Labute approximate surface area is 182 Å². The summed E-state index contributed by atoms with van der Waals surface area (Å²) in [5, 5.41) is 15.9. The first-order chi connectivity index (χ1) is 14.0. The van der Waals surface area contributed by atoms with Crippen LogP contribution >= 0.6 is 34.4 Å². The highest BCUT2D eigenvalue weighted by Gasteiger charge is 2.13. The fourth-order valence-corrected chi connectivity index (χ4v) is 4.77. The maximum absolute atomic E-state index is 12.3. The summed E-state index contributed by atoms with van der Waals surface area (Å²) >= 11 is 3.91. The van der Waals surface area contributed by atoms with Gasteiger partial charge < -0.3 is 5.32 Å². The number of carbonyl (C=O) groups excluding carboxylic acids is 2. The lowest BCUT2D eigenvalue weighted by Gasteiger charge is -2.10. The third-order valence-electron chi connectivity index (χ3n) is 4.08. The van der Waals surface area contributed by atoms with Crippen molar-refractivity contribution in [2.45, 2.75) is 37.4 Å². The standard InChI is InChI=1S/C20H22N4O2S3/c1-3-4-6-14-8-9-15(13(2)11-14)21-17(25)12-28-20-24-23-19(29-20)22-18(26)16-7-5-10-27-16/h5,7-11H,3-4,6,12H2,1-2H3,(H,21,25)(H,22,23,26). The number of nitrogens with zero attached hydrogens (tertiary/aromatic N) is 2. The minimum Gasteiger partial charge on any atom is -0.325 e. The SMILES string of the molecule is CCCCc1ccc(NC(=O)CSc2nnc(NC(=O)c3cccs3)s2)c(C)c1. The summed E-state index contributed by atoms with van der Waals surface area (Å²) in [6.07, 6.45) is 3.39. The molecule has 152 valence electrons. The van der Waals surface area contributed by atoms with Crippen LogP contribution in [0.3, 0.4) is 0 Å². The molecule has 3 rings (SSSR count). The van der Waals surface area contributed by atoms with Crippen molar-refractivity contribution in [2.24, 2.45) is 0 Å². The maximum Gasteiger partial charge on any atom is 0.267 e. The van der Waals surface area contributed by atoms with Crippen molar-refractivity contribution in [1.82, 2.24) is 10.2 Å². The van der Waals surface area contributed by atoms with E-state index < -0.39 is 0 Å². The lowest BCUT2D eigenvalue weighted by Crippen LogP contribution is -2.14. The molecule has 6 nitrogen and oxygen atoms in total. The summed E-state index contributed by atoms with van der Waals surface area (Å²) in [4.78, 5) is 24.9. The van der Waals surface area contributed by atoms with Gasteiger partial charge in [0.2, 0.25) is 11.0 Å². The Bertz CT molecular complexity index is 970. The van der Waals surface area contributed by atoms with Crippen molar-refractivity contribution in [1.29, 1.82) is 0 Å². The van der Waals surface area contributed by atoms with Crippen LogP contribution in [0.25, 0.3) is 0 Å². The number of hydrogen-bond donors (Lipinski definition) is 2. The topological polar surface area (TPSA) is 84.0 Å². The van der Waals surface area contributed by atoms with E-state index >= 15 is 0 Å². The van der Waals surface area contributed by atoms with E-state index in [1.165, 1.54) is 52.8 Å². The Kier molecular flexibility index (Phi) is 7.79. The molecule has 0 saturated carbocycles. The largest absolute Gasteiger partial charge is 0.325 e. The zero-order valence-electron chi connectivity index (χ0n) is 16.2. The molecule has 2 aromatic heterocycles. The van der Waals surface area contributed by atoms with Gasteiger partial charge in [-0.15, -0.1) is 21.5 Å². The molecule has 2 amide bonds. The smallest absolute Gasteiger partial charge is 0.267 e. The molecule has 9 heteroatoms. The Hall–Kier alpha value is -2.23. The van der Waals surface area contributed by atoms with Crippen LogP contribution in [0.1, 0.15) is 40.6 Å². The number of amides is 2. The number of aromatic nitrogens is 2. The van der Waals surface area contributed by atoms with Crippen LogP contribution in [0.15, 0.2) is 40.1 Å². The predicted molar refractivity (Wildman–Crippen MR) is 121 cm³/mol. The second kappa shape index (κ2) is 10.5. The van der Waals surface area contributed by atoms with E-state index in [2.05, 4.69) is 39.9 Å². The van der Waals surface area contributed by atoms with E-state index in [1.807, 2.05) is 24.4 Å². The lowest BCUT2D eigenvalue weighted by molar-refractivity contribution is -0.113. The van der Waals surface area contributed by atoms with Crippen LogP contribution in [0.2, 0.25) is 0 Å². The molecule has 2 heterocycles. The number of thioether (sulfide) groups is 1. The zero-order chi connectivity index (χ0) is 20.6. The van der Waals surface area contributed by atoms with E-state index in [-0.39, 0.29) is 17.6 Å². The van der Waals surface area contributed by atoms with E-state index in [1.54, 1.807) is 6.07 Å². The highest BCUT2D eigenvalue weighted by Crippen LogP contribution is 2.26. The number of benzene rings is 1. The summed E-state index contributed by atoms with van der Waals surface area (Å²) in [5.74, 6) is -0.0769. The predicted octanol–water partition coefficient (Wildman–Crippen LogP) is 5.23. The first kappa shape index (κ1) is 21.5. The zero-order valence-corrected chi connectivity index (χ0v) is 18.7. The summed E-state index contributed by atoms with van der Waals surface area (Å²) in [7, 11) is 0. The number of rotatable bonds is 9. The van der Waals surface area contributed by atoms with Gasteiger partial charge in [0.25, 0.3) is 5.91 Å². The number of carbonyl (C=O) groups is 2. The summed E-state index contributed by atoms with van der Waals surface area (Å²) in [6.45, 7) is 4.18. The molecule has 0 fully saturated rings. The number of thiophene rings is 1. The van der Waals surface area contributed by atoms with Crippen LogP contribution < -0.4 is 10.6 Å². The number of aryl methyl sites for hydroxylation is 2. The van der Waals surface area contributed by atoms with Crippen LogP contribution in [0.5, 0.6) is 0 Å². The van der Waals surface area contributed by atoms with E-state index in [0.29, 0.717) is 14.3 Å². The Morgan fingerprint density at radius 1 is 1.17 bits per heavy atom. The van der Waals surface area contributed by atoms with Crippen LogP contribution in [0.4, 0.5) is 10.8 Å². The highest BCUT2D eigenvalue weighted by atomic mass is 32.2. The van der Waals surface area contributed by atoms with E-state index in [4.69, 9.17) is 0 Å². The Morgan fingerprint density at radius 3 is 2.76 bits per heavy atom. The molecule has 0 atom stereocenters. The number of hydrogen-bond acceptors (Lipinski definition) is 7.